The lowest BCUT2D eigenvalue weighted by Gasteiger charge is -2.12. The van der Waals surface area contributed by atoms with Crippen molar-refractivity contribution in [3.05, 3.63) is 63.6 Å². The van der Waals surface area contributed by atoms with Gasteiger partial charge in [-0.25, -0.2) is 8.78 Å². The molecule has 0 fully saturated rings. The number of rotatable bonds is 5. The second-order valence-electron chi connectivity index (χ2n) is 4.55. The van der Waals surface area contributed by atoms with Crippen LogP contribution in [-0.4, -0.2) is 0 Å². The molecular weight excluding hydrogens is 324 g/mol. The van der Waals surface area contributed by atoms with Crippen LogP contribution < -0.4 is 5.32 Å². The van der Waals surface area contributed by atoms with E-state index in [1.165, 1.54) is 17.7 Å². The van der Waals surface area contributed by atoms with Crippen LogP contribution >= 0.6 is 15.9 Å². The van der Waals surface area contributed by atoms with E-state index in [0.29, 0.717) is 6.54 Å². The SMILES string of the molecule is CCc1cc(Br)ccc1NCc1ccc(C(F)F)cc1. The molecular formula is C16H16BrF2N. The van der Waals surface area contributed by atoms with Gasteiger partial charge in [0.2, 0.25) is 0 Å². The fourth-order valence-electron chi connectivity index (χ4n) is 2.01. The highest BCUT2D eigenvalue weighted by Crippen LogP contribution is 2.23. The lowest BCUT2D eigenvalue weighted by molar-refractivity contribution is 0.151. The monoisotopic (exact) mass is 339 g/mol. The van der Waals surface area contributed by atoms with Crippen molar-refractivity contribution in [3.63, 3.8) is 0 Å². The van der Waals surface area contributed by atoms with Gasteiger partial charge in [0.1, 0.15) is 0 Å². The van der Waals surface area contributed by atoms with E-state index in [9.17, 15) is 8.78 Å². The maximum absolute atomic E-state index is 12.5. The summed E-state index contributed by atoms with van der Waals surface area (Å²) in [6.45, 7) is 2.72. The highest BCUT2D eigenvalue weighted by Gasteiger charge is 2.06. The van der Waals surface area contributed by atoms with Crippen LogP contribution in [0.1, 0.15) is 30.0 Å². The van der Waals surface area contributed by atoms with Gasteiger partial charge in [-0.05, 0) is 35.7 Å². The number of alkyl halides is 2. The van der Waals surface area contributed by atoms with E-state index in [2.05, 4.69) is 34.2 Å². The van der Waals surface area contributed by atoms with Gasteiger partial charge in [0.05, 0.1) is 0 Å². The molecule has 20 heavy (non-hydrogen) atoms. The first kappa shape index (κ1) is 15.0. The number of halogens is 3. The maximum atomic E-state index is 12.5. The normalized spacial score (nSPS) is 10.8. The highest BCUT2D eigenvalue weighted by atomic mass is 79.9. The molecule has 0 unspecified atom stereocenters. The lowest BCUT2D eigenvalue weighted by Crippen LogP contribution is -2.02. The number of hydrogen-bond donors (Lipinski definition) is 1. The van der Waals surface area contributed by atoms with Gasteiger partial charge in [-0.1, -0.05) is 47.1 Å². The van der Waals surface area contributed by atoms with Gasteiger partial charge in [-0.3, -0.25) is 0 Å². The molecule has 2 aromatic rings. The summed E-state index contributed by atoms with van der Waals surface area (Å²) < 4.78 is 26.0. The zero-order valence-corrected chi connectivity index (χ0v) is 12.8. The predicted octanol–water partition coefficient (Wildman–Crippen LogP) is 5.56. The average molecular weight is 340 g/mol. The molecule has 0 amide bonds. The molecule has 2 aromatic carbocycles. The summed E-state index contributed by atoms with van der Waals surface area (Å²) in [7, 11) is 0. The fraction of sp³-hybridized carbons (Fsp3) is 0.250. The van der Waals surface area contributed by atoms with Gasteiger partial charge in [-0.2, -0.15) is 0 Å². The second-order valence-corrected chi connectivity index (χ2v) is 5.47. The Morgan fingerprint density at radius 3 is 2.40 bits per heavy atom. The van der Waals surface area contributed by atoms with Gasteiger partial charge >= 0.3 is 0 Å². The van der Waals surface area contributed by atoms with E-state index in [0.717, 1.165) is 22.1 Å². The van der Waals surface area contributed by atoms with Crippen LogP contribution in [-0.2, 0) is 13.0 Å². The summed E-state index contributed by atoms with van der Waals surface area (Å²) in [5.74, 6) is 0. The molecule has 0 aliphatic carbocycles. The summed E-state index contributed by atoms with van der Waals surface area (Å²) in [4.78, 5) is 0. The highest BCUT2D eigenvalue weighted by molar-refractivity contribution is 9.10. The van der Waals surface area contributed by atoms with Crippen molar-refractivity contribution in [2.75, 3.05) is 5.32 Å². The third-order valence-corrected chi connectivity index (χ3v) is 3.66. The van der Waals surface area contributed by atoms with Gasteiger partial charge < -0.3 is 5.32 Å². The number of hydrogen-bond acceptors (Lipinski definition) is 1. The average Bonchev–Trinajstić information content (AvgIpc) is 2.46. The first-order valence-electron chi connectivity index (χ1n) is 6.49. The Balaban J connectivity index is 2.05. The minimum atomic E-state index is -2.41. The molecule has 0 bridgehead atoms. The van der Waals surface area contributed by atoms with Crippen LogP contribution in [0.25, 0.3) is 0 Å². The molecule has 0 spiro atoms. The van der Waals surface area contributed by atoms with Crippen LogP contribution in [0.4, 0.5) is 14.5 Å². The Kier molecular flexibility index (Phi) is 5.12. The third kappa shape index (κ3) is 3.79. The first-order valence-corrected chi connectivity index (χ1v) is 7.28. The fourth-order valence-corrected chi connectivity index (χ4v) is 2.41. The number of aryl methyl sites for hydroxylation is 1. The van der Waals surface area contributed by atoms with Crippen LogP contribution in [0.15, 0.2) is 46.9 Å². The molecule has 1 nitrogen and oxygen atoms in total. The van der Waals surface area contributed by atoms with Crippen LogP contribution in [0.3, 0.4) is 0 Å². The van der Waals surface area contributed by atoms with Crippen LogP contribution in [0, 0.1) is 0 Å². The van der Waals surface area contributed by atoms with Crippen molar-refractivity contribution >= 4 is 21.6 Å². The molecule has 0 aliphatic rings. The minimum absolute atomic E-state index is 0.0617. The molecule has 0 atom stereocenters. The molecule has 0 saturated carbocycles. The van der Waals surface area contributed by atoms with Crippen molar-refractivity contribution in [3.8, 4) is 0 Å². The van der Waals surface area contributed by atoms with E-state index >= 15 is 0 Å². The van der Waals surface area contributed by atoms with Crippen molar-refractivity contribution in [2.45, 2.75) is 26.3 Å². The zero-order valence-electron chi connectivity index (χ0n) is 11.2. The van der Waals surface area contributed by atoms with E-state index in [1.54, 1.807) is 12.1 Å². The van der Waals surface area contributed by atoms with E-state index < -0.39 is 6.43 Å². The smallest absolute Gasteiger partial charge is 0.263 e. The number of anilines is 1. The Morgan fingerprint density at radius 1 is 1.10 bits per heavy atom. The van der Waals surface area contributed by atoms with Crippen molar-refractivity contribution in [2.24, 2.45) is 0 Å². The van der Waals surface area contributed by atoms with Crippen molar-refractivity contribution < 1.29 is 8.78 Å². The summed E-state index contributed by atoms with van der Waals surface area (Å²) in [5, 5.41) is 3.35. The third-order valence-electron chi connectivity index (χ3n) is 3.16. The summed E-state index contributed by atoms with van der Waals surface area (Å²) >= 11 is 3.46. The van der Waals surface area contributed by atoms with E-state index in [-0.39, 0.29) is 5.56 Å². The first-order chi connectivity index (χ1) is 9.60. The van der Waals surface area contributed by atoms with Crippen molar-refractivity contribution in [1.82, 2.24) is 0 Å². The van der Waals surface area contributed by atoms with Gasteiger partial charge in [0, 0.05) is 22.3 Å². The molecule has 0 aromatic heterocycles. The molecule has 0 heterocycles. The summed E-state index contributed by atoms with van der Waals surface area (Å²) in [5.41, 5.74) is 3.35. The van der Waals surface area contributed by atoms with Gasteiger partial charge in [0.25, 0.3) is 6.43 Å². The Bertz CT molecular complexity index is 567. The minimum Gasteiger partial charge on any atom is -0.381 e. The van der Waals surface area contributed by atoms with E-state index in [1.807, 2.05) is 12.1 Å². The second kappa shape index (κ2) is 6.84. The van der Waals surface area contributed by atoms with Crippen LogP contribution in [0.2, 0.25) is 0 Å². The Hall–Kier alpha value is -1.42. The molecule has 2 rings (SSSR count). The topological polar surface area (TPSA) is 12.0 Å². The molecule has 1 N–H and O–H groups in total. The summed E-state index contributed by atoms with van der Waals surface area (Å²) in [6, 6.07) is 12.5. The summed E-state index contributed by atoms with van der Waals surface area (Å²) in [6.07, 6.45) is -1.47. The van der Waals surface area contributed by atoms with Gasteiger partial charge in [0.15, 0.2) is 0 Å². The predicted molar refractivity (Wildman–Crippen MR) is 82.2 cm³/mol. The van der Waals surface area contributed by atoms with Gasteiger partial charge in [-0.15, -0.1) is 0 Å². The largest absolute Gasteiger partial charge is 0.381 e. The van der Waals surface area contributed by atoms with Crippen molar-refractivity contribution in [1.29, 1.82) is 0 Å². The lowest BCUT2D eigenvalue weighted by atomic mass is 10.1. The standard InChI is InChI=1S/C16H16BrF2N/c1-2-12-9-14(17)7-8-15(12)20-10-11-3-5-13(6-4-11)16(18)19/h3-9,16,20H,2,10H2,1H3. The molecule has 0 saturated heterocycles. The Labute approximate surface area is 126 Å². The zero-order chi connectivity index (χ0) is 14.5. The van der Waals surface area contributed by atoms with E-state index in [4.69, 9.17) is 0 Å². The molecule has 106 valence electrons. The molecule has 0 aliphatic heterocycles. The molecule has 0 radical (unpaired) electrons. The Morgan fingerprint density at radius 2 is 1.80 bits per heavy atom. The maximum Gasteiger partial charge on any atom is 0.263 e. The molecule has 4 heteroatoms. The number of nitrogens with one attached hydrogen (secondary N) is 1. The quantitative estimate of drug-likeness (QED) is 0.751. The van der Waals surface area contributed by atoms with Crippen LogP contribution in [0.5, 0.6) is 0 Å². The number of benzene rings is 2.